The molecule has 2 aromatic carbocycles. The predicted molar refractivity (Wildman–Crippen MR) is 90.3 cm³/mol. The number of fused-ring (bicyclic) bond motifs is 2. The van der Waals surface area contributed by atoms with Crippen LogP contribution in [0.2, 0.25) is 5.02 Å². The van der Waals surface area contributed by atoms with E-state index in [1.54, 1.807) is 0 Å². The molecule has 3 aromatic rings. The molecule has 0 atom stereocenters. The van der Waals surface area contributed by atoms with Crippen LogP contribution in [-0.2, 0) is 0 Å². The predicted octanol–water partition coefficient (Wildman–Crippen LogP) is 5.01. The van der Waals surface area contributed by atoms with E-state index < -0.39 is 0 Å². The van der Waals surface area contributed by atoms with Crippen molar-refractivity contribution in [2.75, 3.05) is 6.79 Å². The highest BCUT2D eigenvalue weighted by Crippen LogP contribution is 2.38. The summed E-state index contributed by atoms with van der Waals surface area (Å²) in [6, 6.07) is 13.7. The molecule has 0 saturated heterocycles. The molecule has 0 fully saturated rings. The maximum absolute atomic E-state index is 6.27. The third-order valence-electron chi connectivity index (χ3n) is 3.66. The Morgan fingerprint density at radius 1 is 1.05 bits per heavy atom. The zero-order chi connectivity index (χ0) is 14.4. The molecule has 1 aliphatic rings. The van der Waals surface area contributed by atoms with E-state index in [9.17, 15) is 0 Å². The van der Waals surface area contributed by atoms with E-state index in [4.69, 9.17) is 26.1 Å². The quantitative estimate of drug-likeness (QED) is 0.626. The maximum Gasteiger partial charge on any atom is 0.231 e. The Balaban J connectivity index is 0.00000144. The van der Waals surface area contributed by atoms with Crippen molar-refractivity contribution >= 4 is 34.9 Å². The van der Waals surface area contributed by atoms with Gasteiger partial charge in [0.15, 0.2) is 11.5 Å². The van der Waals surface area contributed by atoms with Crippen LogP contribution in [0.4, 0.5) is 0 Å². The molecule has 1 aliphatic heterocycles. The average molecular weight is 334 g/mol. The van der Waals surface area contributed by atoms with Crippen LogP contribution >= 0.6 is 24.0 Å². The van der Waals surface area contributed by atoms with Crippen LogP contribution in [0.5, 0.6) is 11.5 Å². The van der Waals surface area contributed by atoms with Crippen molar-refractivity contribution in [3.63, 3.8) is 0 Å². The van der Waals surface area contributed by atoms with E-state index >= 15 is 0 Å². The lowest BCUT2D eigenvalue weighted by Crippen LogP contribution is -1.92. The zero-order valence-corrected chi connectivity index (χ0v) is 13.4. The minimum Gasteiger partial charge on any atom is -0.454 e. The summed E-state index contributed by atoms with van der Waals surface area (Å²) in [5, 5.41) is 1.76. The zero-order valence-electron chi connectivity index (χ0n) is 11.8. The monoisotopic (exact) mass is 333 g/mol. The summed E-state index contributed by atoms with van der Waals surface area (Å²) in [5.41, 5.74) is 3.81. The number of aromatic nitrogens is 1. The summed E-state index contributed by atoms with van der Waals surface area (Å²) < 4.78 is 10.9. The second-order valence-corrected chi connectivity index (χ2v) is 5.43. The molecule has 1 aromatic heterocycles. The topological polar surface area (TPSA) is 31.4 Å². The average Bonchev–Trinajstić information content (AvgIpc) is 2.93. The number of hydrogen-bond acceptors (Lipinski definition) is 3. The van der Waals surface area contributed by atoms with Gasteiger partial charge in [0.05, 0.1) is 11.2 Å². The summed E-state index contributed by atoms with van der Waals surface area (Å²) >= 11 is 6.27. The number of benzene rings is 2. The maximum atomic E-state index is 6.27. The Hall–Kier alpha value is -1.97. The highest BCUT2D eigenvalue weighted by Gasteiger charge is 2.16. The van der Waals surface area contributed by atoms with E-state index in [0.717, 1.165) is 39.2 Å². The third-order valence-corrected chi connectivity index (χ3v) is 3.99. The number of pyridine rings is 1. The van der Waals surface area contributed by atoms with E-state index in [2.05, 4.69) is 6.92 Å². The number of ether oxygens (including phenoxy) is 2. The molecule has 0 spiro atoms. The largest absolute Gasteiger partial charge is 0.454 e. The van der Waals surface area contributed by atoms with Crippen molar-refractivity contribution in [1.82, 2.24) is 4.98 Å². The van der Waals surface area contributed by atoms with Crippen LogP contribution in [-0.4, -0.2) is 11.8 Å². The fraction of sp³-hybridized carbons (Fsp3) is 0.118. The Morgan fingerprint density at radius 2 is 1.77 bits per heavy atom. The molecule has 0 amide bonds. The van der Waals surface area contributed by atoms with Gasteiger partial charge >= 0.3 is 0 Å². The van der Waals surface area contributed by atoms with Gasteiger partial charge in [-0.1, -0.05) is 29.8 Å². The van der Waals surface area contributed by atoms with Gasteiger partial charge in [-0.3, -0.25) is 0 Å². The normalized spacial score (nSPS) is 12.3. The van der Waals surface area contributed by atoms with Crippen LogP contribution in [0.3, 0.4) is 0 Å². The summed E-state index contributed by atoms with van der Waals surface area (Å²) in [5.74, 6) is 1.52. The van der Waals surface area contributed by atoms with E-state index in [1.807, 2.05) is 42.5 Å². The number of halogens is 2. The molecule has 5 heteroatoms. The van der Waals surface area contributed by atoms with Gasteiger partial charge in [0.1, 0.15) is 0 Å². The van der Waals surface area contributed by atoms with Crippen LogP contribution in [0, 0.1) is 6.92 Å². The second-order valence-electron chi connectivity index (χ2n) is 5.03. The highest BCUT2D eigenvalue weighted by atomic mass is 35.5. The van der Waals surface area contributed by atoms with Crippen molar-refractivity contribution in [2.45, 2.75) is 6.92 Å². The molecular weight excluding hydrogens is 321 g/mol. The number of rotatable bonds is 1. The van der Waals surface area contributed by atoms with Gasteiger partial charge in [0, 0.05) is 22.0 Å². The SMILES string of the molecule is Cc1cc(-c2ccccc2Cl)nc2cc3c(cc12)OCO3.Cl. The van der Waals surface area contributed by atoms with Crippen LogP contribution in [0.15, 0.2) is 42.5 Å². The fourth-order valence-electron chi connectivity index (χ4n) is 2.59. The van der Waals surface area contributed by atoms with Crippen LogP contribution in [0.25, 0.3) is 22.2 Å². The first kappa shape index (κ1) is 14.9. The number of aryl methyl sites for hydroxylation is 1. The van der Waals surface area contributed by atoms with Crippen molar-refractivity contribution in [3.8, 4) is 22.8 Å². The molecule has 0 unspecified atom stereocenters. The van der Waals surface area contributed by atoms with Gasteiger partial charge in [-0.25, -0.2) is 4.98 Å². The van der Waals surface area contributed by atoms with E-state index in [0.29, 0.717) is 5.02 Å². The lowest BCUT2D eigenvalue weighted by molar-refractivity contribution is 0.174. The Morgan fingerprint density at radius 3 is 2.55 bits per heavy atom. The summed E-state index contributed by atoms with van der Waals surface area (Å²) in [4.78, 5) is 4.72. The van der Waals surface area contributed by atoms with E-state index in [1.165, 1.54) is 0 Å². The molecular formula is C17H13Cl2NO2. The molecule has 112 valence electrons. The number of hydrogen-bond donors (Lipinski definition) is 0. The van der Waals surface area contributed by atoms with Crippen molar-refractivity contribution < 1.29 is 9.47 Å². The van der Waals surface area contributed by atoms with Gasteiger partial charge < -0.3 is 9.47 Å². The first-order valence-corrected chi connectivity index (χ1v) is 7.06. The molecule has 0 radical (unpaired) electrons. The molecule has 0 bridgehead atoms. The third kappa shape index (κ3) is 2.36. The van der Waals surface area contributed by atoms with Crippen molar-refractivity contribution in [2.24, 2.45) is 0 Å². The standard InChI is InChI=1S/C17H12ClNO2.ClH/c1-10-6-14(11-4-2-3-5-13(11)18)19-15-8-17-16(7-12(10)15)20-9-21-17;/h2-8H,9H2,1H3;1H. The highest BCUT2D eigenvalue weighted by molar-refractivity contribution is 6.33. The van der Waals surface area contributed by atoms with Crippen molar-refractivity contribution in [3.05, 3.63) is 53.1 Å². The van der Waals surface area contributed by atoms with Crippen LogP contribution < -0.4 is 9.47 Å². The first-order valence-electron chi connectivity index (χ1n) is 6.68. The van der Waals surface area contributed by atoms with E-state index in [-0.39, 0.29) is 19.2 Å². The smallest absolute Gasteiger partial charge is 0.231 e. The van der Waals surface area contributed by atoms with Crippen LogP contribution in [0.1, 0.15) is 5.56 Å². The van der Waals surface area contributed by atoms with Crippen molar-refractivity contribution in [1.29, 1.82) is 0 Å². The fourth-order valence-corrected chi connectivity index (χ4v) is 2.82. The Kier molecular flexibility index (Phi) is 3.85. The van der Waals surface area contributed by atoms with Gasteiger partial charge in [-0.05, 0) is 30.7 Å². The Bertz CT molecular complexity index is 865. The lowest BCUT2D eigenvalue weighted by Gasteiger charge is -2.09. The molecule has 4 rings (SSSR count). The minimum absolute atomic E-state index is 0. The van der Waals surface area contributed by atoms with Gasteiger partial charge in [0.2, 0.25) is 6.79 Å². The van der Waals surface area contributed by atoms with Gasteiger partial charge in [-0.15, -0.1) is 12.4 Å². The summed E-state index contributed by atoms with van der Waals surface area (Å²) in [6.45, 7) is 2.33. The number of nitrogens with zero attached hydrogens (tertiary/aromatic N) is 1. The first-order chi connectivity index (χ1) is 10.2. The molecule has 22 heavy (non-hydrogen) atoms. The van der Waals surface area contributed by atoms with Gasteiger partial charge in [-0.2, -0.15) is 0 Å². The molecule has 0 N–H and O–H groups in total. The molecule has 0 aliphatic carbocycles. The second kappa shape index (κ2) is 5.67. The molecule has 3 nitrogen and oxygen atoms in total. The molecule has 2 heterocycles. The van der Waals surface area contributed by atoms with Gasteiger partial charge in [0.25, 0.3) is 0 Å². The Labute approximate surface area is 139 Å². The molecule has 0 saturated carbocycles. The summed E-state index contributed by atoms with van der Waals surface area (Å²) in [6.07, 6.45) is 0. The summed E-state index contributed by atoms with van der Waals surface area (Å²) in [7, 11) is 0. The minimum atomic E-state index is 0. The lowest BCUT2D eigenvalue weighted by atomic mass is 10.0.